The number of hydrogen-bond acceptors (Lipinski definition) is 5. The number of benzene rings is 1. The highest BCUT2D eigenvalue weighted by molar-refractivity contribution is 8.18. The summed E-state index contributed by atoms with van der Waals surface area (Å²) in [6, 6.07) is 9.97. The Kier molecular flexibility index (Phi) is 5.84. The topological polar surface area (TPSA) is 46.6 Å². The van der Waals surface area contributed by atoms with Gasteiger partial charge in [-0.25, -0.2) is 0 Å². The summed E-state index contributed by atoms with van der Waals surface area (Å²) in [6.45, 7) is 6.78. The van der Waals surface area contributed by atoms with Gasteiger partial charge in [-0.3, -0.25) is 14.5 Å². The van der Waals surface area contributed by atoms with Crippen molar-refractivity contribution in [3.05, 3.63) is 56.6 Å². The average molecular weight is 388 g/mol. The molecule has 0 atom stereocenters. The summed E-state index contributed by atoms with van der Waals surface area (Å²) in [7, 11) is 0. The van der Waals surface area contributed by atoms with Crippen molar-refractivity contribution in [1.29, 1.82) is 0 Å². The van der Waals surface area contributed by atoms with E-state index in [1.54, 1.807) is 6.08 Å². The Balaban J connectivity index is 1.65. The fraction of sp³-hybridized carbons (Fsp3) is 0.300. The molecule has 1 aliphatic rings. The third-order valence-corrected chi connectivity index (χ3v) is 5.78. The van der Waals surface area contributed by atoms with E-state index in [1.165, 1.54) is 16.2 Å². The number of amides is 2. The standard InChI is InChI=1S/C20H21NO3S2/c1-13(2)16-7-6-14(3)11-17(16)24-9-8-21-19(22)18(26-20(21)23)12-15-5-4-10-25-15/h4-7,10-13H,8-9H2,1-3H3/b18-12-. The molecule has 1 saturated heterocycles. The molecular formula is C20H21NO3S2. The molecule has 1 aromatic carbocycles. The van der Waals surface area contributed by atoms with Gasteiger partial charge in [-0.15, -0.1) is 11.3 Å². The van der Waals surface area contributed by atoms with E-state index in [0.29, 0.717) is 10.8 Å². The minimum Gasteiger partial charge on any atom is -0.491 e. The Morgan fingerprint density at radius 3 is 2.73 bits per heavy atom. The van der Waals surface area contributed by atoms with Crippen molar-refractivity contribution in [3.8, 4) is 5.75 Å². The SMILES string of the molecule is Cc1ccc(C(C)C)c(OCCN2C(=O)S/C(=C\c3cccs3)C2=O)c1. The average Bonchev–Trinajstić information content (AvgIpc) is 3.18. The van der Waals surface area contributed by atoms with E-state index in [9.17, 15) is 9.59 Å². The monoisotopic (exact) mass is 387 g/mol. The van der Waals surface area contributed by atoms with Crippen molar-refractivity contribution in [1.82, 2.24) is 4.90 Å². The molecule has 3 rings (SSSR count). The lowest BCUT2D eigenvalue weighted by Crippen LogP contribution is -2.32. The third kappa shape index (κ3) is 4.19. The van der Waals surface area contributed by atoms with Crippen molar-refractivity contribution in [2.75, 3.05) is 13.2 Å². The number of thioether (sulfide) groups is 1. The maximum atomic E-state index is 12.5. The second kappa shape index (κ2) is 8.10. The van der Waals surface area contributed by atoms with Crippen molar-refractivity contribution in [2.45, 2.75) is 26.7 Å². The molecule has 6 heteroatoms. The molecule has 1 aliphatic heterocycles. The van der Waals surface area contributed by atoms with Gasteiger partial charge < -0.3 is 4.74 Å². The highest BCUT2D eigenvalue weighted by Crippen LogP contribution is 2.33. The van der Waals surface area contributed by atoms with Crippen LogP contribution in [0, 0.1) is 6.92 Å². The zero-order valence-corrected chi connectivity index (χ0v) is 16.7. The van der Waals surface area contributed by atoms with Gasteiger partial charge in [0, 0.05) is 4.88 Å². The Hall–Kier alpha value is -2.05. The molecule has 1 aromatic heterocycles. The van der Waals surface area contributed by atoms with Crippen LogP contribution in [0.3, 0.4) is 0 Å². The predicted octanol–water partition coefficient (Wildman–Crippen LogP) is 5.30. The molecule has 2 aromatic rings. The van der Waals surface area contributed by atoms with Gasteiger partial charge in [-0.1, -0.05) is 32.0 Å². The molecule has 0 unspecified atom stereocenters. The molecule has 0 spiro atoms. The van der Waals surface area contributed by atoms with E-state index < -0.39 is 0 Å². The van der Waals surface area contributed by atoms with Crippen LogP contribution in [-0.4, -0.2) is 29.2 Å². The number of ether oxygens (including phenoxy) is 1. The molecule has 0 radical (unpaired) electrons. The first kappa shape index (κ1) is 18.7. The number of carbonyl (C=O) groups excluding carboxylic acids is 2. The van der Waals surface area contributed by atoms with E-state index in [4.69, 9.17) is 4.74 Å². The Bertz CT molecular complexity index is 841. The summed E-state index contributed by atoms with van der Waals surface area (Å²) in [5.74, 6) is 0.919. The third-order valence-electron chi connectivity index (χ3n) is 4.05. The van der Waals surface area contributed by atoms with Crippen LogP contribution >= 0.6 is 23.1 Å². The summed E-state index contributed by atoms with van der Waals surface area (Å²) in [6.07, 6.45) is 1.77. The predicted molar refractivity (Wildman–Crippen MR) is 108 cm³/mol. The number of rotatable bonds is 6. The molecule has 0 aliphatic carbocycles. The quantitative estimate of drug-likeness (QED) is 0.632. The van der Waals surface area contributed by atoms with Crippen LogP contribution in [0.2, 0.25) is 0 Å². The first-order valence-corrected chi connectivity index (χ1v) is 10.2. The second-order valence-electron chi connectivity index (χ2n) is 6.39. The van der Waals surface area contributed by atoms with Crippen LogP contribution < -0.4 is 4.74 Å². The van der Waals surface area contributed by atoms with E-state index in [-0.39, 0.29) is 24.3 Å². The Morgan fingerprint density at radius 2 is 2.04 bits per heavy atom. The van der Waals surface area contributed by atoms with E-state index in [1.807, 2.05) is 30.5 Å². The summed E-state index contributed by atoms with van der Waals surface area (Å²) in [4.78, 5) is 27.3. The van der Waals surface area contributed by atoms with Crippen LogP contribution in [0.25, 0.3) is 6.08 Å². The van der Waals surface area contributed by atoms with Gasteiger partial charge in [0.05, 0.1) is 11.4 Å². The number of thiophene rings is 1. The van der Waals surface area contributed by atoms with Gasteiger partial charge in [0.1, 0.15) is 12.4 Å². The van der Waals surface area contributed by atoms with Crippen molar-refractivity contribution < 1.29 is 14.3 Å². The molecule has 0 N–H and O–H groups in total. The van der Waals surface area contributed by atoms with Crippen LogP contribution in [0.5, 0.6) is 5.75 Å². The fourth-order valence-corrected chi connectivity index (χ4v) is 4.27. The number of hydrogen-bond donors (Lipinski definition) is 0. The van der Waals surface area contributed by atoms with Crippen LogP contribution in [0.4, 0.5) is 4.79 Å². The summed E-state index contributed by atoms with van der Waals surface area (Å²) in [5.41, 5.74) is 2.25. The van der Waals surface area contributed by atoms with Gasteiger partial charge in [0.2, 0.25) is 0 Å². The highest BCUT2D eigenvalue weighted by Gasteiger charge is 2.34. The summed E-state index contributed by atoms with van der Waals surface area (Å²) >= 11 is 2.52. The van der Waals surface area contributed by atoms with Crippen molar-refractivity contribution in [2.24, 2.45) is 0 Å². The molecule has 26 heavy (non-hydrogen) atoms. The molecule has 1 fully saturated rings. The minimum atomic E-state index is -0.245. The Morgan fingerprint density at radius 1 is 1.23 bits per heavy atom. The van der Waals surface area contributed by atoms with Crippen LogP contribution in [-0.2, 0) is 4.79 Å². The maximum Gasteiger partial charge on any atom is 0.293 e. The van der Waals surface area contributed by atoms with Gasteiger partial charge >= 0.3 is 0 Å². The first-order valence-electron chi connectivity index (χ1n) is 8.48. The first-order chi connectivity index (χ1) is 12.5. The molecule has 4 nitrogen and oxygen atoms in total. The Labute approximate surface area is 161 Å². The highest BCUT2D eigenvalue weighted by atomic mass is 32.2. The van der Waals surface area contributed by atoms with Crippen LogP contribution in [0.15, 0.2) is 40.6 Å². The second-order valence-corrected chi connectivity index (χ2v) is 8.37. The normalized spacial score (nSPS) is 16.2. The lowest BCUT2D eigenvalue weighted by Gasteiger charge is -2.17. The zero-order chi connectivity index (χ0) is 18.7. The van der Waals surface area contributed by atoms with Gasteiger partial charge in [-0.2, -0.15) is 0 Å². The molecule has 0 saturated carbocycles. The summed E-state index contributed by atoms with van der Waals surface area (Å²) < 4.78 is 5.91. The lowest BCUT2D eigenvalue weighted by atomic mass is 10.0. The maximum absolute atomic E-state index is 12.5. The fourth-order valence-electron chi connectivity index (χ4n) is 2.69. The van der Waals surface area contributed by atoms with E-state index in [0.717, 1.165) is 33.5 Å². The van der Waals surface area contributed by atoms with Gasteiger partial charge in [0.15, 0.2) is 0 Å². The largest absolute Gasteiger partial charge is 0.491 e. The lowest BCUT2D eigenvalue weighted by molar-refractivity contribution is -0.123. The van der Waals surface area contributed by atoms with Crippen molar-refractivity contribution in [3.63, 3.8) is 0 Å². The number of aryl methyl sites for hydroxylation is 1. The van der Waals surface area contributed by atoms with E-state index in [2.05, 4.69) is 26.0 Å². The molecule has 0 bridgehead atoms. The van der Waals surface area contributed by atoms with E-state index >= 15 is 0 Å². The number of carbonyl (C=O) groups is 2. The smallest absolute Gasteiger partial charge is 0.293 e. The zero-order valence-electron chi connectivity index (χ0n) is 15.0. The molecular weight excluding hydrogens is 366 g/mol. The molecule has 136 valence electrons. The van der Waals surface area contributed by atoms with Crippen LogP contribution in [0.1, 0.15) is 35.8 Å². The molecule has 2 amide bonds. The van der Waals surface area contributed by atoms with Gasteiger partial charge in [0.25, 0.3) is 11.1 Å². The van der Waals surface area contributed by atoms with Crippen molar-refractivity contribution >= 4 is 40.3 Å². The number of nitrogens with zero attached hydrogens (tertiary/aromatic N) is 1. The minimum absolute atomic E-state index is 0.241. The van der Waals surface area contributed by atoms with Gasteiger partial charge in [-0.05, 0) is 59.3 Å². The molecule has 2 heterocycles. The summed E-state index contributed by atoms with van der Waals surface area (Å²) in [5, 5.41) is 1.70. The number of imide groups is 1.